The van der Waals surface area contributed by atoms with Gasteiger partial charge in [0.15, 0.2) is 5.88 Å². The summed E-state index contributed by atoms with van der Waals surface area (Å²) in [7, 11) is 0. The first kappa shape index (κ1) is 13.5. The van der Waals surface area contributed by atoms with E-state index in [1.807, 2.05) is 30.3 Å². The van der Waals surface area contributed by atoms with E-state index >= 15 is 0 Å². The van der Waals surface area contributed by atoms with Crippen molar-refractivity contribution in [1.82, 2.24) is 5.32 Å². The molecule has 0 radical (unpaired) electrons. The number of nitrogens with one attached hydrogen (secondary N) is 1. The molecule has 0 spiro atoms. The molecule has 106 valence electrons. The molecule has 0 aliphatic carbocycles. The lowest BCUT2D eigenvalue weighted by Crippen LogP contribution is -2.18. The minimum absolute atomic E-state index is 0.0702. The standard InChI is InChI=1S/C18H17NO2/c20-12-13-1-3-14(4-2-13)15-5-7-16(8-6-15)17-9-10-18(21)19-11-17/h1-10,19-21H,11-12H2. The summed E-state index contributed by atoms with van der Waals surface area (Å²) in [6.07, 6.45) is 3.59. The van der Waals surface area contributed by atoms with Gasteiger partial charge in [-0.05, 0) is 33.9 Å². The van der Waals surface area contributed by atoms with Crippen LogP contribution in [0.4, 0.5) is 0 Å². The van der Waals surface area contributed by atoms with E-state index in [1.54, 1.807) is 6.08 Å². The number of hydrogen-bond acceptors (Lipinski definition) is 3. The van der Waals surface area contributed by atoms with Gasteiger partial charge in [-0.1, -0.05) is 54.6 Å². The summed E-state index contributed by atoms with van der Waals surface area (Å²) < 4.78 is 0. The van der Waals surface area contributed by atoms with E-state index in [2.05, 4.69) is 29.6 Å². The molecule has 0 aromatic heterocycles. The molecule has 0 saturated carbocycles. The van der Waals surface area contributed by atoms with Gasteiger partial charge >= 0.3 is 0 Å². The van der Waals surface area contributed by atoms with Crippen molar-refractivity contribution < 1.29 is 10.2 Å². The fraction of sp³-hybridized carbons (Fsp3) is 0.111. The summed E-state index contributed by atoms with van der Waals surface area (Å²) in [6, 6.07) is 16.2. The van der Waals surface area contributed by atoms with Crippen molar-refractivity contribution >= 4 is 5.57 Å². The zero-order valence-corrected chi connectivity index (χ0v) is 11.6. The van der Waals surface area contributed by atoms with Crippen LogP contribution in [0.3, 0.4) is 0 Å². The lowest BCUT2D eigenvalue weighted by molar-refractivity contribution is 0.282. The minimum Gasteiger partial charge on any atom is -0.495 e. The summed E-state index contributed by atoms with van der Waals surface area (Å²) in [6.45, 7) is 0.702. The lowest BCUT2D eigenvalue weighted by atomic mass is 9.99. The van der Waals surface area contributed by atoms with Crippen LogP contribution in [0.5, 0.6) is 0 Å². The van der Waals surface area contributed by atoms with E-state index in [-0.39, 0.29) is 12.5 Å². The quantitative estimate of drug-likeness (QED) is 0.808. The molecule has 3 nitrogen and oxygen atoms in total. The largest absolute Gasteiger partial charge is 0.495 e. The van der Waals surface area contributed by atoms with Crippen LogP contribution in [0.25, 0.3) is 16.7 Å². The molecule has 3 rings (SSSR count). The SMILES string of the molecule is OCc1ccc(-c2ccc(C3=CC=C(O)NC3)cc2)cc1. The molecule has 1 heterocycles. The molecule has 3 heteroatoms. The van der Waals surface area contributed by atoms with E-state index in [1.165, 1.54) is 0 Å². The number of rotatable bonds is 3. The smallest absolute Gasteiger partial charge is 0.184 e. The molecule has 3 N–H and O–H groups in total. The summed E-state index contributed by atoms with van der Waals surface area (Å²) in [5.74, 6) is 0.208. The van der Waals surface area contributed by atoms with Crippen LogP contribution < -0.4 is 5.32 Å². The second kappa shape index (κ2) is 5.85. The molecule has 0 bridgehead atoms. The fourth-order valence-electron chi connectivity index (χ4n) is 2.36. The Balaban J connectivity index is 1.83. The first-order valence-electron chi connectivity index (χ1n) is 6.90. The Hall–Kier alpha value is -2.52. The second-order valence-corrected chi connectivity index (χ2v) is 5.03. The van der Waals surface area contributed by atoms with Gasteiger partial charge in [0.25, 0.3) is 0 Å². The van der Waals surface area contributed by atoms with Gasteiger partial charge in [-0.3, -0.25) is 0 Å². The molecule has 0 amide bonds. The Morgan fingerprint density at radius 1 is 0.810 bits per heavy atom. The van der Waals surface area contributed by atoms with Crippen molar-refractivity contribution in [2.24, 2.45) is 0 Å². The molecule has 1 aliphatic heterocycles. The molecule has 0 unspecified atom stereocenters. The number of aliphatic hydroxyl groups excluding tert-OH is 2. The summed E-state index contributed by atoms with van der Waals surface area (Å²) in [5, 5.41) is 21.3. The van der Waals surface area contributed by atoms with Gasteiger partial charge in [-0.15, -0.1) is 0 Å². The Morgan fingerprint density at radius 3 is 1.90 bits per heavy atom. The van der Waals surface area contributed by atoms with Gasteiger partial charge in [0, 0.05) is 6.54 Å². The average molecular weight is 279 g/mol. The fourth-order valence-corrected chi connectivity index (χ4v) is 2.36. The van der Waals surface area contributed by atoms with Crippen molar-refractivity contribution in [2.75, 3.05) is 6.54 Å². The highest BCUT2D eigenvalue weighted by Gasteiger charge is 2.06. The van der Waals surface area contributed by atoms with E-state index < -0.39 is 0 Å². The average Bonchev–Trinajstić information content (AvgIpc) is 2.56. The molecule has 1 aliphatic rings. The highest BCUT2D eigenvalue weighted by atomic mass is 16.3. The number of dihydropyridines is 1. The molecular weight excluding hydrogens is 262 g/mol. The number of benzene rings is 2. The summed E-state index contributed by atoms with van der Waals surface area (Å²) in [4.78, 5) is 0. The number of hydrogen-bond donors (Lipinski definition) is 3. The maximum atomic E-state index is 9.30. The molecule has 0 saturated heterocycles. The minimum atomic E-state index is 0.0702. The molecule has 21 heavy (non-hydrogen) atoms. The van der Waals surface area contributed by atoms with Crippen LogP contribution in [-0.4, -0.2) is 16.8 Å². The van der Waals surface area contributed by atoms with E-state index in [0.29, 0.717) is 6.54 Å². The highest BCUT2D eigenvalue weighted by Crippen LogP contribution is 2.23. The predicted octanol–water partition coefficient (Wildman–Crippen LogP) is 3.23. The van der Waals surface area contributed by atoms with Crippen LogP contribution in [0, 0.1) is 0 Å². The summed E-state index contributed by atoms with van der Waals surface area (Å²) >= 11 is 0. The molecule has 0 atom stereocenters. The van der Waals surface area contributed by atoms with Crippen LogP contribution in [-0.2, 0) is 6.61 Å². The highest BCUT2D eigenvalue weighted by molar-refractivity contribution is 5.73. The van der Waals surface area contributed by atoms with Gasteiger partial charge in [0.2, 0.25) is 0 Å². The van der Waals surface area contributed by atoms with Crippen LogP contribution in [0.1, 0.15) is 11.1 Å². The maximum absolute atomic E-state index is 9.30. The van der Waals surface area contributed by atoms with Gasteiger partial charge in [-0.2, -0.15) is 0 Å². The Labute approximate surface area is 123 Å². The van der Waals surface area contributed by atoms with Crippen LogP contribution in [0.2, 0.25) is 0 Å². The van der Waals surface area contributed by atoms with E-state index in [9.17, 15) is 5.11 Å². The first-order valence-corrected chi connectivity index (χ1v) is 6.90. The monoisotopic (exact) mass is 279 g/mol. The topological polar surface area (TPSA) is 52.5 Å². The molecule has 0 fully saturated rings. The van der Waals surface area contributed by atoms with Gasteiger partial charge in [0.1, 0.15) is 0 Å². The maximum Gasteiger partial charge on any atom is 0.184 e. The van der Waals surface area contributed by atoms with Gasteiger partial charge < -0.3 is 15.5 Å². The van der Waals surface area contributed by atoms with Crippen molar-refractivity contribution in [1.29, 1.82) is 0 Å². The molecule has 2 aromatic rings. The third-order valence-electron chi connectivity index (χ3n) is 3.63. The van der Waals surface area contributed by atoms with Gasteiger partial charge in [0.05, 0.1) is 6.61 Å². The van der Waals surface area contributed by atoms with Crippen molar-refractivity contribution in [3.63, 3.8) is 0 Å². The third-order valence-corrected chi connectivity index (χ3v) is 3.63. The van der Waals surface area contributed by atoms with Crippen molar-refractivity contribution in [2.45, 2.75) is 6.61 Å². The summed E-state index contributed by atoms with van der Waals surface area (Å²) in [5.41, 5.74) is 5.48. The zero-order chi connectivity index (χ0) is 14.7. The predicted molar refractivity (Wildman–Crippen MR) is 84.5 cm³/mol. The second-order valence-electron chi connectivity index (χ2n) is 5.03. The Kier molecular flexibility index (Phi) is 3.75. The van der Waals surface area contributed by atoms with E-state index in [4.69, 9.17) is 5.11 Å². The molecule has 2 aromatic carbocycles. The Morgan fingerprint density at radius 2 is 1.38 bits per heavy atom. The third kappa shape index (κ3) is 2.98. The number of allylic oxidation sites excluding steroid dienone is 2. The van der Waals surface area contributed by atoms with Crippen molar-refractivity contribution in [3.8, 4) is 11.1 Å². The lowest BCUT2D eigenvalue weighted by Gasteiger charge is -2.14. The van der Waals surface area contributed by atoms with Crippen molar-refractivity contribution in [3.05, 3.63) is 77.7 Å². The normalized spacial score (nSPS) is 14.1. The first-order chi connectivity index (χ1) is 10.3. The van der Waals surface area contributed by atoms with Crippen LogP contribution >= 0.6 is 0 Å². The Bertz CT molecular complexity index is 682. The molecular formula is C18H17NO2. The van der Waals surface area contributed by atoms with Crippen LogP contribution in [0.15, 0.2) is 66.6 Å². The zero-order valence-electron chi connectivity index (χ0n) is 11.6. The number of aliphatic hydroxyl groups is 2. The van der Waals surface area contributed by atoms with Gasteiger partial charge in [-0.25, -0.2) is 0 Å². The van der Waals surface area contributed by atoms with E-state index in [0.717, 1.165) is 27.8 Å².